The van der Waals surface area contributed by atoms with Crippen LogP contribution in [0.25, 0.3) is 0 Å². The van der Waals surface area contributed by atoms with Gasteiger partial charge in [-0.2, -0.15) is 0 Å². The summed E-state index contributed by atoms with van der Waals surface area (Å²) in [4.78, 5) is 14.4. The van der Waals surface area contributed by atoms with Gasteiger partial charge in [0.05, 0.1) is 7.11 Å². The Hall–Kier alpha value is -1.35. The summed E-state index contributed by atoms with van der Waals surface area (Å²) in [6, 6.07) is 5.65. The quantitative estimate of drug-likeness (QED) is 0.696. The smallest absolute Gasteiger partial charge is 0.164 e. The third-order valence-electron chi connectivity index (χ3n) is 3.29. The minimum atomic E-state index is 0.193. The van der Waals surface area contributed by atoms with Crippen LogP contribution >= 0.6 is 0 Å². The molecule has 0 amide bonds. The molecule has 0 heterocycles. The maximum Gasteiger partial charge on any atom is 0.164 e. The van der Waals surface area contributed by atoms with Crippen LogP contribution in [0.5, 0.6) is 5.75 Å². The molecule has 0 aliphatic carbocycles. The summed E-state index contributed by atoms with van der Waals surface area (Å²) in [5.41, 5.74) is 1.79. The van der Waals surface area contributed by atoms with Crippen molar-refractivity contribution in [2.24, 2.45) is 0 Å². The first-order valence-corrected chi connectivity index (χ1v) is 6.52. The number of rotatable bonds is 7. The molecule has 0 saturated carbocycles. The Morgan fingerprint density at radius 1 is 1.28 bits per heavy atom. The van der Waals surface area contributed by atoms with Crippen molar-refractivity contribution in [3.8, 4) is 5.75 Å². The highest BCUT2D eigenvalue weighted by Gasteiger charge is 2.11. The number of methoxy groups -OCH3 is 1. The first-order valence-electron chi connectivity index (χ1n) is 6.52. The molecule has 0 aromatic heterocycles. The summed E-state index contributed by atoms with van der Waals surface area (Å²) in [5.74, 6) is 0.935. The summed E-state index contributed by atoms with van der Waals surface area (Å²) in [6.07, 6.45) is 0.565. The Morgan fingerprint density at radius 3 is 2.50 bits per heavy atom. The lowest BCUT2D eigenvalue weighted by atomic mass is 10.0. The molecule has 0 radical (unpaired) electrons. The normalized spacial score (nSPS) is 10.7. The number of nitrogens with zero attached hydrogens (tertiary/aromatic N) is 1. The predicted octanol–water partition coefficient (Wildman–Crippen LogP) is 2.92. The van der Waals surface area contributed by atoms with Crippen molar-refractivity contribution in [1.29, 1.82) is 0 Å². The van der Waals surface area contributed by atoms with E-state index in [1.165, 1.54) is 0 Å². The van der Waals surface area contributed by atoms with E-state index < -0.39 is 0 Å². The molecule has 0 fully saturated rings. The molecule has 0 saturated heterocycles. The van der Waals surface area contributed by atoms with Crippen LogP contribution in [0.4, 0.5) is 0 Å². The van der Waals surface area contributed by atoms with Gasteiger partial charge in [0.2, 0.25) is 0 Å². The van der Waals surface area contributed by atoms with E-state index in [2.05, 4.69) is 18.7 Å². The second-order valence-corrected chi connectivity index (χ2v) is 4.38. The van der Waals surface area contributed by atoms with E-state index in [0.29, 0.717) is 6.42 Å². The Bertz CT molecular complexity index is 397. The lowest BCUT2D eigenvalue weighted by molar-refractivity contribution is 0.0965. The highest BCUT2D eigenvalue weighted by Crippen LogP contribution is 2.18. The zero-order valence-corrected chi connectivity index (χ0v) is 11.8. The SMILES string of the molecule is CCN(CC)CCC(=O)c1cc(OC)ccc1C. The van der Waals surface area contributed by atoms with Crippen molar-refractivity contribution >= 4 is 5.78 Å². The van der Waals surface area contributed by atoms with Crippen LogP contribution in [0, 0.1) is 6.92 Å². The average Bonchev–Trinajstić information content (AvgIpc) is 2.40. The van der Waals surface area contributed by atoms with Gasteiger partial charge in [-0.25, -0.2) is 0 Å². The molecule has 3 heteroatoms. The predicted molar refractivity (Wildman–Crippen MR) is 74.5 cm³/mol. The topological polar surface area (TPSA) is 29.5 Å². The van der Waals surface area contributed by atoms with E-state index in [9.17, 15) is 4.79 Å². The summed E-state index contributed by atoms with van der Waals surface area (Å²) < 4.78 is 5.17. The number of ketones is 1. The first kappa shape index (κ1) is 14.7. The molecule has 0 aliphatic rings. The van der Waals surface area contributed by atoms with Crippen LogP contribution in [-0.4, -0.2) is 37.4 Å². The second-order valence-electron chi connectivity index (χ2n) is 4.38. The maximum atomic E-state index is 12.2. The van der Waals surface area contributed by atoms with Gasteiger partial charge in [-0.1, -0.05) is 19.9 Å². The van der Waals surface area contributed by atoms with Crippen molar-refractivity contribution < 1.29 is 9.53 Å². The Kier molecular flexibility index (Phi) is 5.86. The largest absolute Gasteiger partial charge is 0.497 e. The first-order chi connectivity index (χ1) is 8.62. The summed E-state index contributed by atoms with van der Waals surface area (Å²) >= 11 is 0. The van der Waals surface area contributed by atoms with Gasteiger partial charge in [0.1, 0.15) is 5.75 Å². The zero-order valence-electron chi connectivity index (χ0n) is 11.8. The zero-order chi connectivity index (χ0) is 13.5. The third-order valence-corrected chi connectivity index (χ3v) is 3.29. The molecule has 1 aromatic carbocycles. The Labute approximate surface area is 110 Å². The molecule has 0 atom stereocenters. The van der Waals surface area contributed by atoms with Crippen LogP contribution < -0.4 is 4.74 Å². The molecule has 0 aliphatic heterocycles. The van der Waals surface area contributed by atoms with E-state index in [1.54, 1.807) is 7.11 Å². The molecular formula is C15H23NO2. The average molecular weight is 249 g/mol. The van der Waals surface area contributed by atoms with E-state index in [4.69, 9.17) is 4.74 Å². The van der Waals surface area contributed by atoms with Gasteiger partial charge in [0.15, 0.2) is 5.78 Å². The number of hydrogen-bond donors (Lipinski definition) is 0. The van der Waals surface area contributed by atoms with Gasteiger partial charge in [0, 0.05) is 18.5 Å². The maximum absolute atomic E-state index is 12.2. The van der Waals surface area contributed by atoms with Crippen LogP contribution in [0.2, 0.25) is 0 Å². The minimum Gasteiger partial charge on any atom is -0.497 e. The fourth-order valence-electron chi connectivity index (χ4n) is 1.96. The number of carbonyl (C=O) groups is 1. The highest BCUT2D eigenvalue weighted by molar-refractivity contribution is 5.97. The number of benzene rings is 1. The highest BCUT2D eigenvalue weighted by atomic mass is 16.5. The molecule has 18 heavy (non-hydrogen) atoms. The fraction of sp³-hybridized carbons (Fsp3) is 0.533. The van der Waals surface area contributed by atoms with E-state index >= 15 is 0 Å². The van der Waals surface area contributed by atoms with Crippen LogP contribution in [0.3, 0.4) is 0 Å². The van der Waals surface area contributed by atoms with E-state index in [0.717, 1.165) is 36.5 Å². The van der Waals surface area contributed by atoms with Gasteiger partial charge < -0.3 is 9.64 Å². The summed E-state index contributed by atoms with van der Waals surface area (Å²) in [7, 11) is 1.62. The van der Waals surface area contributed by atoms with Crippen molar-refractivity contribution in [2.45, 2.75) is 27.2 Å². The molecule has 1 aromatic rings. The monoisotopic (exact) mass is 249 g/mol. The standard InChI is InChI=1S/C15H23NO2/c1-5-16(6-2)10-9-15(17)14-11-13(18-4)8-7-12(14)3/h7-8,11H,5-6,9-10H2,1-4H3. The molecular weight excluding hydrogens is 226 g/mol. The molecule has 1 rings (SSSR count). The second kappa shape index (κ2) is 7.17. The van der Waals surface area contributed by atoms with E-state index in [1.807, 2.05) is 25.1 Å². The number of carbonyl (C=O) groups excluding carboxylic acids is 1. The minimum absolute atomic E-state index is 0.193. The van der Waals surface area contributed by atoms with Crippen molar-refractivity contribution in [2.75, 3.05) is 26.7 Å². The molecule has 0 bridgehead atoms. The van der Waals surface area contributed by atoms with Gasteiger partial charge in [-0.15, -0.1) is 0 Å². The summed E-state index contributed by atoms with van der Waals surface area (Å²) in [5, 5.41) is 0. The molecule has 3 nitrogen and oxygen atoms in total. The van der Waals surface area contributed by atoms with Gasteiger partial charge >= 0.3 is 0 Å². The van der Waals surface area contributed by atoms with Gasteiger partial charge in [0.25, 0.3) is 0 Å². The van der Waals surface area contributed by atoms with Crippen LogP contribution in [0.1, 0.15) is 36.2 Å². The van der Waals surface area contributed by atoms with Crippen molar-refractivity contribution in [1.82, 2.24) is 4.90 Å². The number of Topliss-reactive ketones (excluding diaryl/α,β-unsaturated/α-hetero) is 1. The lowest BCUT2D eigenvalue weighted by Gasteiger charge is -2.17. The molecule has 100 valence electrons. The van der Waals surface area contributed by atoms with Crippen molar-refractivity contribution in [3.05, 3.63) is 29.3 Å². The molecule has 0 N–H and O–H groups in total. The van der Waals surface area contributed by atoms with Gasteiger partial charge in [-0.05, 0) is 37.7 Å². The number of aryl methyl sites for hydroxylation is 1. The number of hydrogen-bond acceptors (Lipinski definition) is 3. The van der Waals surface area contributed by atoms with Crippen LogP contribution in [-0.2, 0) is 0 Å². The van der Waals surface area contributed by atoms with Crippen molar-refractivity contribution in [3.63, 3.8) is 0 Å². The lowest BCUT2D eigenvalue weighted by Crippen LogP contribution is -2.25. The molecule has 0 unspecified atom stereocenters. The summed E-state index contributed by atoms with van der Waals surface area (Å²) in [6.45, 7) is 8.99. The third kappa shape index (κ3) is 3.84. The fourth-order valence-corrected chi connectivity index (χ4v) is 1.96. The van der Waals surface area contributed by atoms with E-state index in [-0.39, 0.29) is 5.78 Å². The van der Waals surface area contributed by atoms with Crippen LogP contribution in [0.15, 0.2) is 18.2 Å². The number of ether oxygens (including phenoxy) is 1. The Morgan fingerprint density at radius 2 is 1.94 bits per heavy atom. The Balaban J connectivity index is 2.71. The van der Waals surface area contributed by atoms with Gasteiger partial charge in [-0.3, -0.25) is 4.79 Å². The molecule has 0 spiro atoms.